The number of hydrogen-bond acceptors (Lipinski definition) is 2. The minimum absolute atomic E-state index is 0. The van der Waals surface area contributed by atoms with Gasteiger partial charge in [-0.2, -0.15) is 0 Å². The van der Waals surface area contributed by atoms with E-state index in [1.54, 1.807) is 0 Å². The molecule has 17 heavy (non-hydrogen) atoms. The van der Waals surface area contributed by atoms with Gasteiger partial charge in [0.05, 0.1) is 0 Å². The smallest absolute Gasteiger partial charge is 0.0314 e. The van der Waals surface area contributed by atoms with Crippen molar-refractivity contribution >= 4 is 11.4 Å². The molecule has 3 heteroatoms. The van der Waals surface area contributed by atoms with E-state index in [0.717, 1.165) is 11.4 Å². The quantitative estimate of drug-likeness (QED) is 0.683. The van der Waals surface area contributed by atoms with Crippen molar-refractivity contribution in [3.05, 3.63) is 59.7 Å². The summed E-state index contributed by atoms with van der Waals surface area (Å²) in [7, 11) is 0. The minimum atomic E-state index is 0. The first kappa shape index (κ1) is 15.0. The van der Waals surface area contributed by atoms with Gasteiger partial charge in [-0.25, -0.2) is 0 Å². The van der Waals surface area contributed by atoms with Crippen LogP contribution in [-0.4, -0.2) is 5.48 Å². The lowest BCUT2D eigenvalue weighted by atomic mass is 10.2. The number of nitrogen functional groups attached to an aromatic ring is 2. The fraction of sp³-hybridized carbons (Fsp3) is 0.143. The van der Waals surface area contributed by atoms with E-state index < -0.39 is 0 Å². The molecule has 0 amide bonds. The standard InChI is InChI=1S/2C7H9N.H2O/c2*1-6-2-4-7(8)5-3-6;/h2*2-5H,8H2,1H3;1H2. The van der Waals surface area contributed by atoms with Gasteiger partial charge in [-0.1, -0.05) is 35.4 Å². The topological polar surface area (TPSA) is 83.5 Å². The van der Waals surface area contributed by atoms with Crippen LogP contribution in [0.25, 0.3) is 0 Å². The summed E-state index contributed by atoms with van der Waals surface area (Å²) in [5.41, 5.74) is 15.0. The van der Waals surface area contributed by atoms with E-state index in [9.17, 15) is 0 Å². The largest absolute Gasteiger partial charge is 0.412 e. The molecule has 2 rings (SSSR count). The molecule has 3 nitrogen and oxygen atoms in total. The molecule has 0 bridgehead atoms. The predicted molar refractivity (Wildman–Crippen MR) is 74.8 cm³/mol. The lowest BCUT2D eigenvalue weighted by Gasteiger charge is -1.90. The van der Waals surface area contributed by atoms with Crippen LogP contribution in [0, 0.1) is 13.8 Å². The third-order valence-corrected chi connectivity index (χ3v) is 2.15. The number of nitrogens with two attached hydrogens (primary N) is 2. The molecule has 0 unspecified atom stereocenters. The Labute approximate surface area is 102 Å². The number of benzene rings is 2. The highest BCUT2D eigenvalue weighted by molar-refractivity contribution is 5.39. The highest BCUT2D eigenvalue weighted by Crippen LogP contribution is 2.02. The van der Waals surface area contributed by atoms with Crippen molar-refractivity contribution in [2.75, 3.05) is 11.5 Å². The van der Waals surface area contributed by atoms with Crippen LogP contribution in [0.3, 0.4) is 0 Å². The summed E-state index contributed by atoms with van der Waals surface area (Å²) in [5.74, 6) is 0. The SMILES string of the molecule is Cc1ccc(N)cc1.Cc1ccc(N)cc1.O. The van der Waals surface area contributed by atoms with Gasteiger partial charge < -0.3 is 16.9 Å². The third-order valence-electron chi connectivity index (χ3n) is 2.15. The zero-order valence-electron chi connectivity index (χ0n) is 10.3. The first-order valence-corrected chi connectivity index (χ1v) is 5.22. The molecule has 0 aliphatic carbocycles. The summed E-state index contributed by atoms with van der Waals surface area (Å²) in [5, 5.41) is 0. The molecule has 92 valence electrons. The van der Waals surface area contributed by atoms with E-state index in [-0.39, 0.29) is 5.48 Å². The van der Waals surface area contributed by atoms with Crippen molar-refractivity contribution in [3.63, 3.8) is 0 Å². The molecule has 0 saturated carbocycles. The zero-order valence-corrected chi connectivity index (χ0v) is 10.3. The lowest BCUT2D eigenvalue weighted by Crippen LogP contribution is -1.81. The summed E-state index contributed by atoms with van der Waals surface area (Å²) in [6.07, 6.45) is 0. The summed E-state index contributed by atoms with van der Waals surface area (Å²) in [6.45, 7) is 4.08. The van der Waals surface area contributed by atoms with Crippen molar-refractivity contribution in [1.29, 1.82) is 0 Å². The maximum absolute atomic E-state index is 5.43. The highest BCUT2D eigenvalue weighted by atomic mass is 16.0. The summed E-state index contributed by atoms with van der Waals surface area (Å²) in [4.78, 5) is 0. The molecule has 0 spiro atoms. The molecule has 6 N–H and O–H groups in total. The zero-order chi connectivity index (χ0) is 12.0. The average Bonchev–Trinajstić information content (AvgIpc) is 2.28. The number of rotatable bonds is 0. The molecule has 0 aliphatic rings. The highest BCUT2D eigenvalue weighted by Gasteiger charge is 1.80. The maximum atomic E-state index is 5.43. The van der Waals surface area contributed by atoms with E-state index in [0.29, 0.717) is 0 Å². The molecular formula is C14H20N2O. The fourth-order valence-corrected chi connectivity index (χ4v) is 1.13. The Morgan fingerprint density at radius 3 is 1.00 bits per heavy atom. The Hall–Kier alpha value is -2.00. The molecule has 0 saturated heterocycles. The maximum Gasteiger partial charge on any atom is 0.0314 e. The van der Waals surface area contributed by atoms with Crippen molar-refractivity contribution < 1.29 is 5.48 Å². The molecule has 0 atom stereocenters. The first-order chi connectivity index (χ1) is 7.58. The van der Waals surface area contributed by atoms with Crippen LogP contribution < -0.4 is 11.5 Å². The Morgan fingerprint density at radius 2 is 0.824 bits per heavy atom. The molecule has 2 aromatic rings. The average molecular weight is 232 g/mol. The van der Waals surface area contributed by atoms with Crippen molar-refractivity contribution in [2.45, 2.75) is 13.8 Å². The summed E-state index contributed by atoms with van der Waals surface area (Å²) in [6, 6.07) is 15.6. The van der Waals surface area contributed by atoms with Gasteiger partial charge in [0.15, 0.2) is 0 Å². The molecule has 0 aromatic heterocycles. The second-order valence-corrected chi connectivity index (χ2v) is 3.82. The number of anilines is 2. The molecule has 0 heterocycles. The van der Waals surface area contributed by atoms with E-state index in [4.69, 9.17) is 11.5 Å². The molecule has 0 aliphatic heterocycles. The fourth-order valence-electron chi connectivity index (χ4n) is 1.13. The van der Waals surface area contributed by atoms with Gasteiger partial charge in [-0.05, 0) is 38.1 Å². The van der Waals surface area contributed by atoms with Gasteiger partial charge in [0, 0.05) is 11.4 Å². The van der Waals surface area contributed by atoms with E-state index in [2.05, 4.69) is 0 Å². The van der Waals surface area contributed by atoms with Crippen LogP contribution in [0.2, 0.25) is 0 Å². The third kappa shape index (κ3) is 6.22. The van der Waals surface area contributed by atoms with E-state index in [1.165, 1.54) is 11.1 Å². The molecule has 0 fully saturated rings. The Kier molecular flexibility index (Phi) is 6.44. The first-order valence-electron chi connectivity index (χ1n) is 5.22. The second kappa shape index (κ2) is 7.30. The molecule has 2 aromatic carbocycles. The van der Waals surface area contributed by atoms with Gasteiger partial charge in [0.25, 0.3) is 0 Å². The van der Waals surface area contributed by atoms with Crippen LogP contribution >= 0.6 is 0 Å². The molecular weight excluding hydrogens is 212 g/mol. The Balaban J connectivity index is 0.000000284. The monoisotopic (exact) mass is 232 g/mol. The van der Waals surface area contributed by atoms with Crippen LogP contribution in [0.1, 0.15) is 11.1 Å². The van der Waals surface area contributed by atoms with Crippen LogP contribution in [0.5, 0.6) is 0 Å². The lowest BCUT2D eigenvalue weighted by molar-refractivity contribution is 0.824. The van der Waals surface area contributed by atoms with Crippen LogP contribution in [-0.2, 0) is 0 Å². The van der Waals surface area contributed by atoms with Crippen LogP contribution in [0.4, 0.5) is 11.4 Å². The van der Waals surface area contributed by atoms with Gasteiger partial charge in [-0.3, -0.25) is 0 Å². The van der Waals surface area contributed by atoms with Crippen molar-refractivity contribution in [2.24, 2.45) is 0 Å². The van der Waals surface area contributed by atoms with E-state index in [1.807, 2.05) is 62.4 Å². The van der Waals surface area contributed by atoms with Gasteiger partial charge in [-0.15, -0.1) is 0 Å². The normalized spacial score (nSPS) is 8.59. The van der Waals surface area contributed by atoms with E-state index >= 15 is 0 Å². The Morgan fingerprint density at radius 1 is 0.588 bits per heavy atom. The second-order valence-electron chi connectivity index (χ2n) is 3.82. The van der Waals surface area contributed by atoms with Gasteiger partial charge in [0.2, 0.25) is 0 Å². The predicted octanol–water partition coefficient (Wildman–Crippen LogP) is 2.33. The van der Waals surface area contributed by atoms with Crippen molar-refractivity contribution in [1.82, 2.24) is 0 Å². The Bertz CT molecular complexity index is 335. The van der Waals surface area contributed by atoms with Crippen LogP contribution in [0.15, 0.2) is 48.5 Å². The minimum Gasteiger partial charge on any atom is -0.412 e. The number of hydrogen-bond donors (Lipinski definition) is 2. The number of aryl methyl sites for hydroxylation is 2. The molecule has 0 radical (unpaired) electrons. The summed E-state index contributed by atoms with van der Waals surface area (Å²) >= 11 is 0. The van der Waals surface area contributed by atoms with Gasteiger partial charge >= 0.3 is 0 Å². The summed E-state index contributed by atoms with van der Waals surface area (Å²) < 4.78 is 0. The van der Waals surface area contributed by atoms with Gasteiger partial charge in [0.1, 0.15) is 0 Å². The van der Waals surface area contributed by atoms with Crippen molar-refractivity contribution in [3.8, 4) is 0 Å².